The van der Waals surface area contributed by atoms with E-state index in [1.807, 2.05) is 30.9 Å². The number of benzene rings is 1. The monoisotopic (exact) mass is 275 g/mol. The molecule has 0 fully saturated rings. The lowest BCUT2D eigenvalue weighted by molar-refractivity contribution is 0.915. The van der Waals surface area contributed by atoms with Crippen LogP contribution < -0.4 is 11.1 Å². The summed E-state index contributed by atoms with van der Waals surface area (Å²) in [5, 5.41) is 5.74. The minimum absolute atomic E-state index is 0.435. The smallest absolute Gasteiger partial charge is 0.0424 e. The van der Waals surface area contributed by atoms with Crippen molar-refractivity contribution < 1.29 is 0 Å². The van der Waals surface area contributed by atoms with Gasteiger partial charge in [-0.2, -0.15) is 11.8 Å². The van der Waals surface area contributed by atoms with E-state index in [1.165, 1.54) is 0 Å². The Bertz CT molecular complexity index is 569. The summed E-state index contributed by atoms with van der Waals surface area (Å²) in [5.41, 5.74) is 8.94. The molecule has 3 N–H and O–H groups in total. The fraction of sp³-hybridized carbons (Fsp3) is 0.400. The Balaban J connectivity index is 2.32. The molecular weight excluding hydrogens is 254 g/mol. The van der Waals surface area contributed by atoms with Crippen LogP contribution in [-0.2, 0) is 0 Å². The third-order valence-corrected chi connectivity index (χ3v) is 4.19. The number of aromatic nitrogens is 1. The summed E-state index contributed by atoms with van der Waals surface area (Å²) in [7, 11) is 0. The number of aryl methyl sites for hydroxylation is 1. The standard InChI is InChI=1S/C15H21N3S/c1-4-19-9-11(3)18-15-6-5-14(16)13-8-17-10(2)7-12(13)15/h5-8,11,18H,4,9,16H2,1-3H3. The zero-order valence-electron chi connectivity index (χ0n) is 11.7. The summed E-state index contributed by atoms with van der Waals surface area (Å²) in [4.78, 5) is 4.33. The molecule has 1 aromatic heterocycles. The van der Waals surface area contributed by atoms with E-state index in [0.717, 1.165) is 39.3 Å². The number of hydrogen-bond donors (Lipinski definition) is 2. The van der Waals surface area contributed by atoms with Crippen molar-refractivity contribution in [1.82, 2.24) is 4.98 Å². The molecule has 3 nitrogen and oxygen atoms in total. The molecule has 0 radical (unpaired) electrons. The minimum Gasteiger partial charge on any atom is -0.398 e. The van der Waals surface area contributed by atoms with Crippen molar-refractivity contribution >= 4 is 33.9 Å². The number of rotatable bonds is 5. The summed E-state index contributed by atoms with van der Waals surface area (Å²) >= 11 is 1.95. The lowest BCUT2D eigenvalue weighted by atomic mass is 10.1. The first kappa shape index (κ1) is 14.0. The Hall–Kier alpha value is -1.42. The molecule has 0 amide bonds. The van der Waals surface area contributed by atoms with E-state index in [-0.39, 0.29) is 0 Å². The number of nitrogen functional groups attached to an aromatic ring is 1. The second kappa shape index (κ2) is 6.15. The van der Waals surface area contributed by atoms with Gasteiger partial charge in [0, 0.05) is 45.8 Å². The van der Waals surface area contributed by atoms with Gasteiger partial charge in [-0.1, -0.05) is 6.92 Å². The molecule has 0 saturated heterocycles. The molecule has 4 heteroatoms. The van der Waals surface area contributed by atoms with Crippen LogP contribution in [0.25, 0.3) is 10.8 Å². The zero-order valence-corrected chi connectivity index (χ0v) is 12.6. The van der Waals surface area contributed by atoms with Crippen molar-refractivity contribution in [3.8, 4) is 0 Å². The van der Waals surface area contributed by atoms with Gasteiger partial charge in [-0.15, -0.1) is 0 Å². The van der Waals surface area contributed by atoms with E-state index in [2.05, 4.69) is 36.3 Å². The van der Waals surface area contributed by atoms with Crippen LogP contribution in [0.3, 0.4) is 0 Å². The van der Waals surface area contributed by atoms with Crippen LogP contribution in [0.5, 0.6) is 0 Å². The Labute approximate surface area is 119 Å². The number of anilines is 2. The van der Waals surface area contributed by atoms with E-state index in [4.69, 9.17) is 5.73 Å². The van der Waals surface area contributed by atoms with Crippen LogP contribution in [0.4, 0.5) is 11.4 Å². The van der Waals surface area contributed by atoms with Crippen molar-refractivity contribution in [3.05, 3.63) is 30.1 Å². The Morgan fingerprint density at radius 1 is 1.37 bits per heavy atom. The number of fused-ring (bicyclic) bond motifs is 1. The van der Waals surface area contributed by atoms with Gasteiger partial charge < -0.3 is 11.1 Å². The lowest BCUT2D eigenvalue weighted by Gasteiger charge is -2.17. The molecule has 2 rings (SSSR count). The van der Waals surface area contributed by atoms with Gasteiger partial charge in [-0.25, -0.2) is 0 Å². The molecule has 0 bridgehead atoms. The van der Waals surface area contributed by atoms with E-state index >= 15 is 0 Å². The molecule has 2 aromatic rings. The van der Waals surface area contributed by atoms with Crippen molar-refractivity contribution in [2.45, 2.75) is 26.8 Å². The third kappa shape index (κ3) is 3.32. The number of nitrogens with one attached hydrogen (secondary N) is 1. The molecular formula is C15H21N3S. The summed E-state index contributed by atoms with van der Waals surface area (Å²) in [5.74, 6) is 2.25. The molecule has 1 aromatic carbocycles. The van der Waals surface area contributed by atoms with Gasteiger partial charge in [0.05, 0.1) is 0 Å². The zero-order chi connectivity index (χ0) is 13.8. The number of thioether (sulfide) groups is 1. The summed E-state index contributed by atoms with van der Waals surface area (Å²) in [6.07, 6.45) is 1.86. The highest BCUT2D eigenvalue weighted by Crippen LogP contribution is 2.29. The quantitative estimate of drug-likeness (QED) is 0.817. The lowest BCUT2D eigenvalue weighted by Crippen LogP contribution is -2.18. The van der Waals surface area contributed by atoms with Gasteiger partial charge in [0.15, 0.2) is 0 Å². The van der Waals surface area contributed by atoms with Gasteiger partial charge in [0.25, 0.3) is 0 Å². The van der Waals surface area contributed by atoms with Gasteiger partial charge >= 0.3 is 0 Å². The molecule has 0 aliphatic heterocycles. The summed E-state index contributed by atoms with van der Waals surface area (Å²) < 4.78 is 0. The van der Waals surface area contributed by atoms with Crippen molar-refractivity contribution in [3.63, 3.8) is 0 Å². The molecule has 19 heavy (non-hydrogen) atoms. The number of nitrogens with zero attached hydrogens (tertiary/aromatic N) is 1. The highest BCUT2D eigenvalue weighted by molar-refractivity contribution is 7.99. The first-order valence-corrected chi connectivity index (χ1v) is 7.76. The second-order valence-corrected chi connectivity index (χ2v) is 6.10. The predicted molar refractivity (Wildman–Crippen MR) is 87.0 cm³/mol. The normalized spacial score (nSPS) is 12.6. The van der Waals surface area contributed by atoms with Crippen molar-refractivity contribution in [2.75, 3.05) is 22.6 Å². The molecule has 0 spiro atoms. The molecule has 0 aliphatic rings. The molecule has 1 unspecified atom stereocenters. The van der Waals surface area contributed by atoms with Crippen LogP contribution >= 0.6 is 11.8 Å². The number of hydrogen-bond acceptors (Lipinski definition) is 4. The Morgan fingerprint density at radius 3 is 2.89 bits per heavy atom. The average molecular weight is 275 g/mol. The van der Waals surface area contributed by atoms with Gasteiger partial charge in [-0.05, 0) is 37.8 Å². The van der Waals surface area contributed by atoms with E-state index < -0.39 is 0 Å². The topological polar surface area (TPSA) is 50.9 Å². The van der Waals surface area contributed by atoms with Gasteiger partial charge in [0.1, 0.15) is 0 Å². The predicted octanol–water partition coefficient (Wildman–Crippen LogP) is 3.68. The average Bonchev–Trinajstić information content (AvgIpc) is 2.39. The van der Waals surface area contributed by atoms with Crippen LogP contribution in [0.2, 0.25) is 0 Å². The molecule has 1 heterocycles. The van der Waals surface area contributed by atoms with E-state index in [1.54, 1.807) is 0 Å². The molecule has 0 aliphatic carbocycles. The first-order valence-electron chi connectivity index (χ1n) is 6.61. The maximum Gasteiger partial charge on any atom is 0.0424 e. The van der Waals surface area contributed by atoms with Gasteiger partial charge in [-0.3, -0.25) is 4.98 Å². The largest absolute Gasteiger partial charge is 0.398 e. The second-order valence-electron chi connectivity index (χ2n) is 4.78. The van der Waals surface area contributed by atoms with Crippen LogP contribution in [0.1, 0.15) is 19.5 Å². The molecule has 1 atom stereocenters. The fourth-order valence-electron chi connectivity index (χ4n) is 2.09. The minimum atomic E-state index is 0.435. The number of nitrogens with two attached hydrogens (primary N) is 1. The van der Waals surface area contributed by atoms with Crippen molar-refractivity contribution in [2.24, 2.45) is 0 Å². The Morgan fingerprint density at radius 2 is 2.16 bits per heavy atom. The fourth-order valence-corrected chi connectivity index (χ4v) is 2.77. The molecule has 0 saturated carbocycles. The van der Waals surface area contributed by atoms with Crippen molar-refractivity contribution in [1.29, 1.82) is 0 Å². The summed E-state index contributed by atoms with van der Waals surface area (Å²) in [6, 6.07) is 6.53. The molecule has 102 valence electrons. The van der Waals surface area contributed by atoms with Gasteiger partial charge in [0.2, 0.25) is 0 Å². The maximum absolute atomic E-state index is 6.01. The SMILES string of the molecule is CCSCC(C)Nc1ccc(N)c2cnc(C)cc12. The Kier molecular flexibility index (Phi) is 4.53. The van der Waals surface area contributed by atoms with E-state index in [9.17, 15) is 0 Å². The number of pyridine rings is 1. The maximum atomic E-state index is 6.01. The highest BCUT2D eigenvalue weighted by atomic mass is 32.2. The first-order chi connectivity index (χ1) is 9.11. The van der Waals surface area contributed by atoms with Crippen LogP contribution in [0.15, 0.2) is 24.4 Å². The highest BCUT2D eigenvalue weighted by Gasteiger charge is 2.08. The third-order valence-electron chi connectivity index (χ3n) is 3.05. The van der Waals surface area contributed by atoms with Crippen LogP contribution in [0, 0.1) is 6.92 Å². The summed E-state index contributed by atoms with van der Waals surface area (Å²) in [6.45, 7) is 6.40. The van der Waals surface area contributed by atoms with E-state index in [0.29, 0.717) is 6.04 Å². The van der Waals surface area contributed by atoms with Crippen LogP contribution in [-0.4, -0.2) is 22.5 Å².